The number of benzene rings is 1. The summed E-state index contributed by atoms with van der Waals surface area (Å²) in [6.07, 6.45) is 2.32. The van der Waals surface area contributed by atoms with Crippen LogP contribution in [0.3, 0.4) is 0 Å². The van der Waals surface area contributed by atoms with E-state index >= 15 is 0 Å². The van der Waals surface area contributed by atoms with Gasteiger partial charge in [-0.1, -0.05) is 24.0 Å². The van der Waals surface area contributed by atoms with Crippen molar-refractivity contribution in [1.82, 2.24) is 0 Å². The molecule has 1 fully saturated rings. The number of aliphatic hydroxyl groups excluding tert-OH is 1. The quantitative estimate of drug-likeness (QED) is 0.848. The van der Waals surface area contributed by atoms with E-state index in [-0.39, 0.29) is 6.61 Å². The Morgan fingerprint density at radius 1 is 1.33 bits per heavy atom. The number of rotatable bonds is 3. The molecule has 1 aliphatic rings. The molecule has 0 amide bonds. The topological polar surface area (TPSA) is 29.5 Å². The lowest BCUT2D eigenvalue weighted by Crippen LogP contribution is -2.17. The van der Waals surface area contributed by atoms with Crippen LogP contribution in [-0.4, -0.2) is 30.2 Å². The van der Waals surface area contributed by atoms with Gasteiger partial charge < -0.3 is 9.84 Å². The van der Waals surface area contributed by atoms with Crippen LogP contribution in [0.2, 0.25) is 0 Å². The van der Waals surface area contributed by atoms with Crippen molar-refractivity contribution in [2.75, 3.05) is 19.8 Å². The number of ether oxygens (including phenoxy) is 1. The van der Waals surface area contributed by atoms with Gasteiger partial charge in [-0.15, -0.1) is 0 Å². The minimum atomic E-state index is -0.0823. The van der Waals surface area contributed by atoms with E-state index in [1.807, 2.05) is 23.9 Å². The van der Waals surface area contributed by atoms with Gasteiger partial charge in [0.2, 0.25) is 0 Å². The van der Waals surface area contributed by atoms with Gasteiger partial charge in [0.15, 0.2) is 0 Å². The average Bonchev–Trinajstić information content (AvgIpc) is 2.44. The molecule has 1 saturated heterocycles. The number of hydrogen-bond donors (Lipinski definition) is 1. The molecule has 0 aromatic heterocycles. The van der Waals surface area contributed by atoms with E-state index in [2.05, 4.69) is 24.0 Å². The van der Waals surface area contributed by atoms with Crippen molar-refractivity contribution in [1.29, 1.82) is 0 Å². The molecule has 1 aliphatic heterocycles. The molecule has 1 aromatic carbocycles. The first-order valence-electron chi connectivity index (χ1n) is 6.26. The smallest absolute Gasteiger partial charge is 0.104 e. The number of hydrogen-bond acceptors (Lipinski definition) is 3. The highest BCUT2D eigenvalue weighted by molar-refractivity contribution is 7.99. The Labute approximate surface area is 113 Å². The molecule has 2 rings (SSSR count). The fourth-order valence-electron chi connectivity index (χ4n) is 1.94. The van der Waals surface area contributed by atoms with Crippen LogP contribution in [0.4, 0.5) is 0 Å². The lowest BCUT2D eigenvalue weighted by molar-refractivity contribution is 0.1000. The predicted octanol–water partition coefficient (Wildman–Crippen LogP) is 2.44. The zero-order chi connectivity index (χ0) is 12.6. The van der Waals surface area contributed by atoms with Gasteiger partial charge in [-0.25, -0.2) is 0 Å². The van der Waals surface area contributed by atoms with E-state index in [1.54, 1.807) is 0 Å². The van der Waals surface area contributed by atoms with Crippen LogP contribution in [-0.2, 0) is 10.5 Å². The lowest BCUT2D eigenvalue weighted by Gasteiger charge is -2.21. The molecule has 1 N–H and O–H groups in total. The van der Waals surface area contributed by atoms with Crippen LogP contribution in [0, 0.1) is 11.8 Å². The SMILES string of the molecule is OCC#Cc1cccc(CSC2CCOCC2)c1. The van der Waals surface area contributed by atoms with E-state index in [0.717, 1.165) is 42.6 Å². The zero-order valence-electron chi connectivity index (χ0n) is 10.4. The first kappa shape index (κ1) is 13.5. The van der Waals surface area contributed by atoms with Crippen molar-refractivity contribution >= 4 is 11.8 Å². The highest BCUT2D eigenvalue weighted by atomic mass is 32.2. The van der Waals surface area contributed by atoms with Crippen molar-refractivity contribution in [3.63, 3.8) is 0 Å². The van der Waals surface area contributed by atoms with Gasteiger partial charge in [-0.2, -0.15) is 11.8 Å². The van der Waals surface area contributed by atoms with E-state index in [4.69, 9.17) is 9.84 Å². The molecule has 0 saturated carbocycles. The highest BCUT2D eigenvalue weighted by Gasteiger charge is 2.13. The first-order valence-corrected chi connectivity index (χ1v) is 7.31. The second kappa shape index (κ2) is 7.48. The maximum atomic E-state index is 8.68. The minimum Gasteiger partial charge on any atom is -0.384 e. The molecule has 1 aromatic rings. The lowest BCUT2D eigenvalue weighted by atomic mass is 10.1. The molecule has 0 aliphatic carbocycles. The van der Waals surface area contributed by atoms with E-state index in [9.17, 15) is 0 Å². The molecule has 18 heavy (non-hydrogen) atoms. The molecular formula is C15H18O2S. The Morgan fingerprint density at radius 2 is 2.17 bits per heavy atom. The van der Waals surface area contributed by atoms with Gasteiger partial charge in [-0.05, 0) is 30.5 Å². The fraction of sp³-hybridized carbons (Fsp3) is 0.467. The van der Waals surface area contributed by atoms with Crippen LogP contribution in [0.1, 0.15) is 24.0 Å². The summed E-state index contributed by atoms with van der Waals surface area (Å²) in [5.74, 6) is 6.65. The number of thioether (sulfide) groups is 1. The molecule has 96 valence electrons. The molecule has 0 radical (unpaired) electrons. The monoisotopic (exact) mass is 262 g/mol. The summed E-state index contributed by atoms with van der Waals surface area (Å²) in [4.78, 5) is 0. The third kappa shape index (κ3) is 4.38. The van der Waals surface area contributed by atoms with Crippen molar-refractivity contribution < 1.29 is 9.84 Å². The number of aliphatic hydroxyl groups is 1. The van der Waals surface area contributed by atoms with Gasteiger partial charge >= 0.3 is 0 Å². The summed E-state index contributed by atoms with van der Waals surface area (Å²) >= 11 is 2.01. The van der Waals surface area contributed by atoms with Crippen LogP contribution in [0.25, 0.3) is 0 Å². The molecule has 0 unspecified atom stereocenters. The molecule has 1 heterocycles. The first-order chi connectivity index (χ1) is 8.88. The maximum Gasteiger partial charge on any atom is 0.104 e. The van der Waals surface area contributed by atoms with Crippen LogP contribution >= 0.6 is 11.8 Å². The van der Waals surface area contributed by atoms with Crippen LogP contribution in [0.15, 0.2) is 24.3 Å². The third-order valence-corrected chi connectivity index (χ3v) is 4.34. The standard InChI is InChI=1S/C15H18O2S/c16-8-2-5-13-3-1-4-14(11-13)12-18-15-6-9-17-10-7-15/h1,3-4,11,15-16H,6-10,12H2. The normalized spacial score (nSPS) is 16.1. The van der Waals surface area contributed by atoms with Gasteiger partial charge in [-0.3, -0.25) is 0 Å². The van der Waals surface area contributed by atoms with E-state index < -0.39 is 0 Å². The summed E-state index contributed by atoms with van der Waals surface area (Å²) in [5, 5.41) is 9.41. The van der Waals surface area contributed by atoms with Crippen molar-refractivity contribution in [2.45, 2.75) is 23.8 Å². The van der Waals surface area contributed by atoms with E-state index in [0.29, 0.717) is 0 Å². The molecular weight excluding hydrogens is 244 g/mol. The largest absolute Gasteiger partial charge is 0.384 e. The minimum absolute atomic E-state index is 0.0823. The van der Waals surface area contributed by atoms with Crippen LogP contribution in [0.5, 0.6) is 0 Å². The highest BCUT2D eigenvalue weighted by Crippen LogP contribution is 2.25. The Morgan fingerprint density at radius 3 is 2.94 bits per heavy atom. The second-order valence-electron chi connectivity index (χ2n) is 4.28. The Kier molecular flexibility index (Phi) is 5.60. The molecule has 0 atom stereocenters. The van der Waals surface area contributed by atoms with E-state index in [1.165, 1.54) is 5.56 Å². The van der Waals surface area contributed by atoms with Gasteiger partial charge in [0.1, 0.15) is 6.61 Å². The summed E-state index contributed by atoms with van der Waals surface area (Å²) in [5.41, 5.74) is 2.28. The maximum absolute atomic E-state index is 8.68. The molecule has 2 nitrogen and oxygen atoms in total. The summed E-state index contributed by atoms with van der Waals surface area (Å²) in [6, 6.07) is 8.25. The Balaban J connectivity index is 1.88. The average molecular weight is 262 g/mol. The predicted molar refractivity (Wildman–Crippen MR) is 75.5 cm³/mol. The molecule has 3 heteroatoms. The molecule has 0 spiro atoms. The fourth-order valence-corrected chi connectivity index (χ4v) is 3.07. The summed E-state index contributed by atoms with van der Waals surface area (Å²) < 4.78 is 5.36. The summed E-state index contributed by atoms with van der Waals surface area (Å²) in [6.45, 7) is 1.72. The van der Waals surface area contributed by atoms with Crippen molar-refractivity contribution in [3.8, 4) is 11.8 Å². The van der Waals surface area contributed by atoms with Crippen LogP contribution < -0.4 is 0 Å². The Hall–Kier alpha value is -0.950. The van der Waals surface area contributed by atoms with Gasteiger partial charge in [0.05, 0.1) is 0 Å². The second-order valence-corrected chi connectivity index (χ2v) is 5.57. The van der Waals surface area contributed by atoms with Crippen molar-refractivity contribution in [2.24, 2.45) is 0 Å². The molecule has 0 bridgehead atoms. The van der Waals surface area contributed by atoms with Crippen molar-refractivity contribution in [3.05, 3.63) is 35.4 Å². The summed E-state index contributed by atoms with van der Waals surface area (Å²) in [7, 11) is 0. The van der Waals surface area contributed by atoms with Gasteiger partial charge in [0.25, 0.3) is 0 Å². The zero-order valence-corrected chi connectivity index (χ0v) is 11.2. The Bertz CT molecular complexity index is 428. The van der Waals surface area contributed by atoms with Gasteiger partial charge in [0, 0.05) is 29.8 Å². The third-order valence-electron chi connectivity index (χ3n) is 2.89.